The van der Waals surface area contributed by atoms with E-state index in [1.54, 1.807) is 0 Å². The number of benzene rings is 1. The van der Waals surface area contributed by atoms with E-state index in [4.69, 9.17) is 16.3 Å². The van der Waals surface area contributed by atoms with Gasteiger partial charge in [-0.05, 0) is 24.6 Å². The first-order valence-electron chi connectivity index (χ1n) is 9.08. The first kappa shape index (κ1) is 26.5. The summed E-state index contributed by atoms with van der Waals surface area (Å²) in [5.74, 6) is -1.59. The summed E-state index contributed by atoms with van der Waals surface area (Å²) < 4.78 is 76.3. The molecule has 0 aliphatic carbocycles. The first-order valence-corrected chi connectivity index (χ1v) is 10.9. The van der Waals surface area contributed by atoms with E-state index in [-0.39, 0.29) is 92.7 Å². The fraction of sp³-hybridized carbons (Fsp3) is 0.333. The number of pyridine rings is 1. The number of nitrogens with zero attached hydrogens (tertiary/aromatic N) is 3. The van der Waals surface area contributed by atoms with Crippen LogP contribution in [0.2, 0.25) is 5.02 Å². The number of alkyl halides is 3. The van der Waals surface area contributed by atoms with Gasteiger partial charge in [-0.3, -0.25) is 4.79 Å². The molecule has 2 aromatic rings. The number of carbonyl (C=O) groups is 1. The monoisotopic (exact) mass is 531 g/mol. The standard InChI is InChI=1S/C18H14ClF3N3O6S.K/c19-9-1-2-14(31-18(20,21)22)15(3-9)32(28,29)24-10-4-13-16(23-6-10)30-8-11-5-12(26)7-25(11)17(13)27;/h1-4,6,11-12,26H,5,7-8H2;/q-1;+1/t11-,12-;/m1./s1. The number of aliphatic hydroxyl groups excluding tert-OH is 1. The number of ether oxygens (including phenoxy) is 2. The summed E-state index contributed by atoms with van der Waals surface area (Å²) in [5, 5.41) is 9.66. The Morgan fingerprint density at radius 2 is 2.03 bits per heavy atom. The molecule has 9 nitrogen and oxygen atoms in total. The normalized spacial score (nSPS) is 20.2. The van der Waals surface area contributed by atoms with Crippen LogP contribution in [0.15, 0.2) is 35.4 Å². The van der Waals surface area contributed by atoms with Crippen LogP contribution >= 0.6 is 11.6 Å². The molecule has 1 amide bonds. The van der Waals surface area contributed by atoms with Gasteiger partial charge in [0.1, 0.15) is 27.9 Å². The molecule has 0 spiro atoms. The molecule has 0 bridgehead atoms. The van der Waals surface area contributed by atoms with Crippen LogP contribution in [-0.4, -0.2) is 61.0 Å². The number of amides is 1. The van der Waals surface area contributed by atoms with Gasteiger partial charge in [0.25, 0.3) is 5.91 Å². The number of fused-ring (bicyclic) bond motifs is 2. The Kier molecular flexibility index (Phi) is 7.90. The quantitative estimate of drug-likeness (QED) is 0.551. The third-order valence-electron chi connectivity index (χ3n) is 4.77. The van der Waals surface area contributed by atoms with E-state index in [9.17, 15) is 31.5 Å². The topological polar surface area (TPSA) is 120 Å². The Hall–Kier alpha value is -1.13. The van der Waals surface area contributed by atoms with Crippen molar-refractivity contribution in [3.63, 3.8) is 0 Å². The number of rotatable bonds is 4. The molecule has 2 aliphatic rings. The second kappa shape index (κ2) is 9.85. The predicted octanol–water partition coefficient (Wildman–Crippen LogP) is -0.000500. The minimum absolute atomic E-state index is 0. The molecule has 1 aromatic heterocycles. The molecule has 172 valence electrons. The summed E-state index contributed by atoms with van der Waals surface area (Å²) in [6, 6.07) is 3.28. The van der Waals surface area contributed by atoms with E-state index in [1.807, 2.05) is 0 Å². The maximum atomic E-state index is 12.8. The molecule has 0 radical (unpaired) electrons. The summed E-state index contributed by atoms with van der Waals surface area (Å²) in [4.78, 5) is 17.3. The fourth-order valence-corrected chi connectivity index (χ4v) is 4.82. The van der Waals surface area contributed by atoms with Crippen molar-refractivity contribution in [1.29, 1.82) is 0 Å². The molecule has 1 fully saturated rings. The van der Waals surface area contributed by atoms with Crippen molar-refractivity contribution in [2.45, 2.75) is 29.8 Å². The van der Waals surface area contributed by atoms with Gasteiger partial charge in [-0.2, -0.15) is 0 Å². The predicted molar refractivity (Wildman–Crippen MR) is 104 cm³/mol. The maximum absolute atomic E-state index is 12.8. The van der Waals surface area contributed by atoms with Crippen LogP contribution in [0.3, 0.4) is 0 Å². The van der Waals surface area contributed by atoms with Gasteiger partial charge in [0, 0.05) is 17.8 Å². The van der Waals surface area contributed by atoms with Gasteiger partial charge in [0.15, 0.2) is 0 Å². The van der Waals surface area contributed by atoms with Gasteiger partial charge in [-0.15, -0.1) is 18.9 Å². The number of halogens is 4. The van der Waals surface area contributed by atoms with Crippen LogP contribution in [0.1, 0.15) is 16.8 Å². The van der Waals surface area contributed by atoms with Crippen molar-refractivity contribution in [3.8, 4) is 11.6 Å². The largest absolute Gasteiger partial charge is 1.00 e. The molecule has 1 N–H and O–H groups in total. The smallest absolute Gasteiger partial charge is 0.571 e. The molecule has 1 saturated heterocycles. The Morgan fingerprint density at radius 1 is 1.30 bits per heavy atom. The van der Waals surface area contributed by atoms with Crippen molar-refractivity contribution < 1.29 is 92.3 Å². The summed E-state index contributed by atoms with van der Waals surface area (Å²) >= 11 is 5.75. The number of carbonyl (C=O) groups excluding carboxylic acids is 1. The number of hydrogen-bond donors (Lipinski definition) is 1. The Labute approximate surface area is 233 Å². The number of aliphatic hydroxyl groups is 1. The van der Waals surface area contributed by atoms with E-state index in [2.05, 4.69) is 14.4 Å². The van der Waals surface area contributed by atoms with Crippen molar-refractivity contribution in [1.82, 2.24) is 9.88 Å². The van der Waals surface area contributed by atoms with Gasteiger partial charge in [0.2, 0.25) is 5.88 Å². The van der Waals surface area contributed by atoms with Crippen molar-refractivity contribution in [2.24, 2.45) is 0 Å². The Balaban J connectivity index is 0.00000306. The summed E-state index contributed by atoms with van der Waals surface area (Å²) in [6.45, 7) is 0.171. The van der Waals surface area contributed by atoms with Gasteiger partial charge in [-0.1, -0.05) is 17.7 Å². The van der Waals surface area contributed by atoms with Gasteiger partial charge in [-0.25, -0.2) is 13.4 Å². The molecule has 0 unspecified atom stereocenters. The van der Waals surface area contributed by atoms with E-state index >= 15 is 0 Å². The van der Waals surface area contributed by atoms with Crippen LogP contribution in [0, 0.1) is 0 Å². The van der Waals surface area contributed by atoms with Crippen LogP contribution in [-0.2, 0) is 10.0 Å². The number of aromatic nitrogens is 1. The van der Waals surface area contributed by atoms with Crippen LogP contribution in [0.4, 0.5) is 18.9 Å². The molecule has 0 saturated carbocycles. The zero-order valence-corrected chi connectivity index (χ0v) is 21.6. The number of hydrogen-bond acceptors (Lipinski definition) is 7. The minimum atomic E-state index is -5.15. The molecule has 2 atom stereocenters. The zero-order chi connectivity index (χ0) is 23.3. The Morgan fingerprint density at radius 3 is 2.73 bits per heavy atom. The van der Waals surface area contributed by atoms with Gasteiger partial charge < -0.3 is 24.2 Å². The zero-order valence-electron chi connectivity index (χ0n) is 16.9. The second-order valence-corrected chi connectivity index (χ2v) is 9.07. The summed E-state index contributed by atoms with van der Waals surface area (Å²) in [6.07, 6.45) is -4.54. The van der Waals surface area contributed by atoms with Crippen LogP contribution < -0.4 is 60.9 Å². The van der Waals surface area contributed by atoms with E-state index < -0.39 is 39.0 Å². The molecule has 2 aliphatic heterocycles. The van der Waals surface area contributed by atoms with E-state index in [1.165, 1.54) is 4.90 Å². The van der Waals surface area contributed by atoms with Crippen molar-refractivity contribution >= 4 is 33.2 Å². The van der Waals surface area contributed by atoms with Crippen LogP contribution in [0.5, 0.6) is 11.6 Å². The second-order valence-electron chi connectivity index (χ2n) is 7.06. The first-order chi connectivity index (χ1) is 14.9. The van der Waals surface area contributed by atoms with Gasteiger partial charge in [0.05, 0.1) is 17.0 Å². The third kappa shape index (κ3) is 5.93. The molecule has 3 heterocycles. The Bertz CT molecular complexity index is 1180. The fourth-order valence-electron chi connectivity index (χ4n) is 3.47. The minimum Gasteiger partial charge on any atom is -0.571 e. The van der Waals surface area contributed by atoms with Crippen LogP contribution in [0.25, 0.3) is 4.72 Å². The molecule has 1 aromatic carbocycles. The average Bonchev–Trinajstić information content (AvgIpc) is 3.01. The molecule has 15 heteroatoms. The average molecular weight is 532 g/mol. The van der Waals surface area contributed by atoms with Gasteiger partial charge >= 0.3 is 57.7 Å². The third-order valence-corrected chi connectivity index (χ3v) is 6.33. The molecule has 4 rings (SSSR count). The number of sulfonamides is 1. The van der Waals surface area contributed by atoms with Crippen molar-refractivity contribution in [2.75, 3.05) is 13.2 Å². The molecular formula is C18H14ClF3KN3O6S. The SMILES string of the molecule is O=C1c2cc([N-]S(=O)(=O)c3cc(Cl)ccc3OC(F)(F)F)cnc2OC[C@H]2C[C@@H](O)CN12.[K+]. The molecule has 33 heavy (non-hydrogen) atoms. The van der Waals surface area contributed by atoms with Crippen molar-refractivity contribution in [3.05, 3.63) is 45.8 Å². The summed E-state index contributed by atoms with van der Waals surface area (Å²) in [7, 11) is -4.75. The van der Waals surface area contributed by atoms with E-state index in [0.717, 1.165) is 30.5 Å². The molecular weight excluding hydrogens is 518 g/mol. The maximum Gasteiger partial charge on any atom is 1.00 e. The summed E-state index contributed by atoms with van der Waals surface area (Å²) in [5.41, 5.74) is -0.410. The van der Waals surface area contributed by atoms with E-state index in [0.29, 0.717) is 6.42 Å².